The van der Waals surface area contributed by atoms with Gasteiger partial charge in [-0.1, -0.05) is 247 Å². The van der Waals surface area contributed by atoms with Crippen molar-refractivity contribution in [3.8, 4) is 50.4 Å². The maximum absolute atomic E-state index is 6.20. The average molecular weight is 1700 g/mol. The van der Waals surface area contributed by atoms with Gasteiger partial charge in [-0.05, 0) is 240 Å². The fraction of sp³-hybridized carbons (Fsp3) is 0.0656. The Hall–Kier alpha value is -16.2. The maximum atomic E-state index is 6.20. The van der Waals surface area contributed by atoms with Crippen LogP contribution >= 0.6 is 11.3 Å². The fourth-order valence-electron chi connectivity index (χ4n) is 21.4. The Morgan fingerprint density at radius 3 is 0.924 bits per heavy atom. The number of hydrogen-bond acceptors (Lipinski definition) is 3. The van der Waals surface area contributed by atoms with Gasteiger partial charge in [-0.15, -0.1) is 11.3 Å². The molecule has 624 valence electrons. The molecule has 0 spiro atoms. The number of unbranched alkanes of at least 4 members (excludes halogenated alkanes) is 5. The third kappa shape index (κ3) is 12.6. The number of nitrogens with zero attached hydrogens (tertiary/aromatic N) is 6. The van der Waals surface area contributed by atoms with Crippen LogP contribution < -0.4 is 0 Å². The van der Waals surface area contributed by atoms with Crippen molar-refractivity contribution in [3.63, 3.8) is 0 Å². The maximum Gasteiger partial charge on any atom is 0.135 e. The molecule has 9 aromatic heterocycles. The molecule has 9 heteroatoms. The Labute approximate surface area is 759 Å². The monoisotopic (exact) mass is 1700 g/mol. The first-order valence-electron chi connectivity index (χ1n) is 45.6. The van der Waals surface area contributed by atoms with Crippen molar-refractivity contribution in [2.45, 2.75) is 51.9 Å². The summed E-state index contributed by atoms with van der Waals surface area (Å²) in [5, 5.41) is 22.3. The number of para-hydroxylation sites is 7. The predicted molar refractivity (Wildman–Crippen MR) is 561 cm³/mol. The molecule has 131 heavy (non-hydrogen) atoms. The van der Waals surface area contributed by atoms with E-state index in [1.165, 1.54) is 234 Å². The zero-order valence-electron chi connectivity index (χ0n) is 72.5. The quantitative estimate of drug-likeness (QED) is 0.0905. The summed E-state index contributed by atoms with van der Waals surface area (Å²) in [5.74, 6) is 0. The first-order valence-corrected chi connectivity index (χ1v) is 46.5. The van der Waals surface area contributed by atoms with Crippen molar-refractivity contribution in [1.82, 2.24) is 27.4 Å². The van der Waals surface area contributed by atoms with Crippen molar-refractivity contribution in [3.05, 3.63) is 401 Å². The van der Waals surface area contributed by atoms with Gasteiger partial charge < -0.3 is 36.2 Å². The van der Waals surface area contributed by atoms with E-state index in [9.17, 15) is 0 Å². The van der Waals surface area contributed by atoms with E-state index in [1.807, 2.05) is 48.1 Å². The fourth-order valence-corrected chi connectivity index (χ4v) is 22.4. The molecule has 27 rings (SSSR count). The van der Waals surface area contributed by atoms with Crippen LogP contribution in [0.5, 0.6) is 0 Å². The van der Waals surface area contributed by atoms with Crippen LogP contribution in [-0.4, -0.2) is 27.4 Å². The van der Waals surface area contributed by atoms with Crippen molar-refractivity contribution in [2.75, 3.05) is 0 Å². The second-order valence-electron chi connectivity index (χ2n) is 34.8. The molecule has 0 amide bonds. The molecule has 27 aromatic rings. The molecule has 0 N–H and O–H groups in total. The zero-order valence-corrected chi connectivity index (χ0v) is 73.3. The summed E-state index contributed by atoms with van der Waals surface area (Å²) < 4.78 is 28.7. The van der Waals surface area contributed by atoms with Crippen LogP contribution in [-0.2, 0) is 6.42 Å². The van der Waals surface area contributed by atoms with E-state index in [-0.39, 0.29) is 0 Å². The summed E-state index contributed by atoms with van der Waals surface area (Å²) in [5.41, 5.74) is 30.2. The van der Waals surface area contributed by atoms with Gasteiger partial charge in [-0.25, -0.2) is 0 Å². The highest BCUT2D eigenvalue weighted by atomic mass is 32.1. The van der Waals surface area contributed by atoms with Crippen LogP contribution in [0.15, 0.2) is 405 Å². The van der Waals surface area contributed by atoms with E-state index in [0.29, 0.717) is 0 Å². The summed E-state index contributed by atoms with van der Waals surface area (Å²) in [6.07, 6.45) is 14.7. The normalized spacial score (nSPS) is 12.0. The van der Waals surface area contributed by atoms with E-state index in [0.717, 1.165) is 61.7 Å². The summed E-state index contributed by atoms with van der Waals surface area (Å²) >= 11 is 1.86. The van der Waals surface area contributed by atoms with Crippen LogP contribution in [0, 0.1) is 0 Å². The van der Waals surface area contributed by atoms with E-state index >= 15 is 0 Å². The van der Waals surface area contributed by atoms with Gasteiger partial charge in [0.05, 0.1) is 66.2 Å². The molecule has 8 nitrogen and oxygen atoms in total. The van der Waals surface area contributed by atoms with Crippen LogP contribution in [0.25, 0.3) is 264 Å². The van der Waals surface area contributed by atoms with Crippen LogP contribution in [0.3, 0.4) is 0 Å². The van der Waals surface area contributed by atoms with E-state index in [1.54, 1.807) is 0 Å². The van der Waals surface area contributed by atoms with E-state index in [4.69, 9.17) is 8.83 Å². The molecule has 0 bridgehead atoms. The lowest BCUT2D eigenvalue weighted by atomic mass is 9.99. The minimum absolute atomic E-state index is 0.909. The Morgan fingerprint density at radius 1 is 0.221 bits per heavy atom. The molecule has 0 aliphatic rings. The molecule has 0 aliphatic carbocycles. The topological polar surface area (TPSA) is 55.9 Å². The highest BCUT2D eigenvalue weighted by Crippen LogP contribution is 2.46. The van der Waals surface area contributed by atoms with Crippen LogP contribution in [0.1, 0.15) is 51.0 Å². The second kappa shape index (κ2) is 31.4. The Balaban J connectivity index is 0.000000106. The molecule has 0 atom stereocenters. The smallest absolute Gasteiger partial charge is 0.135 e. The SMILES string of the molecule is C=Cn1c2ccccc2c2cc(-c3ccc4c(c3)c3cc(CCCCCCCC)ccc3n4-c3ccc4oc5ccccc5c4c3)ccc21.C=Cn1c2ccccc2c2cc(-c3ccc4c(c3)c3ccccc3n4-c3ccc4oc5ccccc5c4c3)ccc21.C=Cn1c2ccccc2c2cc(-c3ccc4c(c3)c3ccccc3n4-c3ccc4sc5ccccc5c4c3)ccc21. The minimum Gasteiger partial charge on any atom is -0.456 e. The molecule has 0 saturated heterocycles. The number of rotatable bonds is 16. The third-order valence-corrected chi connectivity index (χ3v) is 28.7. The molecule has 0 fully saturated rings. The first kappa shape index (κ1) is 77.2. The summed E-state index contributed by atoms with van der Waals surface area (Å²) in [6.45, 7) is 14.5. The summed E-state index contributed by atoms with van der Waals surface area (Å²) in [4.78, 5) is 0. The molecular weight excluding hydrogens is 1610 g/mol. The highest BCUT2D eigenvalue weighted by molar-refractivity contribution is 7.25. The lowest BCUT2D eigenvalue weighted by Crippen LogP contribution is -1.94. The number of hydrogen-bond donors (Lipinski definition) is 0. The van der Waals surface area contributed by atoms with Gasteiger partial charge in [0.1, 0.15) is 22.3 Å². The Morgan fingerprint density at radius 2 is 0.504 bits per heavy atom. The molecule has 0 unspecified atom stereocenters. The predicted octanol–water partition coefficient (Wildman–Crippen LogP) is 35.0. The molecule has 0 aliphatic heterocycles. The standard InChI is InChI=1S/C46H40N2O.C38H24N2O.C38H24N2S/c1-3-5-6-7-8-9-14-31-19-23-43-37(27-31)39-29-33(32-20-24-42-38(28-32)35-15-10-12-17-41(35)47(42)4-2)21-25-44(39)48(43)34-22-26-46-40(30-34)36-16-11-13-18-45(36)49-46;2*1-2-39-33-12-6-3-9-27(33)30-21-24(15-18-34(30)39)25-16-19-36-31(22-25)28-10-4-7-13-35(28)40(36)26-17-20-38-32(23-26)29-11-5-8-14-37(29)41-38/h4,10-13,15-30H,2-3,5-9,14H2,1H3;2*2-23H,1H2. The highest BCUT2D eigenvalue weighted by Gasteiger charge is 2.23. The van der Waals surface area contributed by atoms with Crippen molar-refractivity contribution < 1.29 is 8.83 Å². The van der Waals surface area contributed by atoms with Crippen LogP contribution in [0.2, 0.25) is 0 Å². The van der Waals surface area contributed by atoms with Crippen molar-refractivity contribution in [2.24, 2.45) is 0 Å². The van der Waals surface area contributed by atoms with Crippen molar-refractivity contribution >= 4 is 225 Å². The Bertz CT molecular complexity index is 9050. The number of thiophene rings is 1. The van der Waals surface area contributed by atoms with Gasteiger partial charge in [-0.2, -0.15) is 0 Å². The van der Waals surface area contributed by atoms with Gasteiger partial charge in [0.25, 0.3) is 0 Å². The van der Waals surface area contributed by atoms with Gasteiger partial charge in [0.2, 0.25) is 0 Å². The van der Waals surface area contributed by atoms with Crippen LogP contribution in [0.4, 0.5) is 0 Å². The molecule has 0 radical (unpaired) electrons. The van der Waals surface area contributed by atoms with Gasteiger partial charge in [-0.3, -0.25) is 0 Å². The average Bonchev–Trinajstić information content (AvgIpc) is 1.58. The number of benzene rings is 18. The summed E-state index contributed by atoms with van der Waals surface area (Å²) in [6, 6.07) is 137. The number of aryl methyl sites for hydroxylation is 1. The third-order valence-electron chi connectivity index (χ3n) is 27.5. The largest absolute Gasteiger partial charge is 0.456 e. The molecular formula is C122H88N6O2S. The number of fused-ring (bicyclic) bond motifs is 27. The van der Waals surface area contributed by atoms with E-state index in [2.05, 4.69) is 412 Å². The number of furan rings is 2. The zero-order chi connectivity index (χ0) is 87.1. The molecule has 0 saturated carbocycles. The lowest BCUT2D eigenvalue weighted by Gasteiger charge is -2.09. The second-order valence-corrected chi connectivity index (χ2v) is 35.9. The van der Waals surface area contributed by atoms with Gasteiger partial charge in [0.15, 0.2) is 0 Å². The molecule has 9 heterocycles. The molecule has 18 aromatic carbocycles. The summed E-state index contributed by atoms with van der Waals surface area (Å²) in [7, 11) is 0. The minimum atomic E-state index is 0.909. The van der Waals surface area contributed by atoms with E-state index < -0.39 is 0 Å². The van der Waals surface area contributed by atoms with Gasteiger partial charge in [0, 0.05) is 142 Å². The van der Waals surface area contributed by atoms with Gasteiger partial charge >= 0.3 is 0 Å². The number of aromatic nitrogens is 6. The Kier molecular flexibility index (Phi) is 18.5. The van der Waals surface area contributed by atoms with Crippen molar-refractivity contribution in [1.29, 1.82) is 0 Å². The first-order chi connectivity index (χ1) is 64.8. The lowest BCUT2D eigenvalue weighted by molar-refractivity contribution is 0.607.